The van der Waals surface area contributed by atoms with Crippen LogP contribution in [0.2, 0.25) is 0 Å². The second-order valence-corrected chi connectivity index (χ2v) is 6.91. The number of fused-ring (bicyclic) bond motifs is 1. The van der Waals surface area contributed by atoms with Crippen LogP contribution < -0.4 is 0 Å². The number of nitrogens with zero attached hydrogens (tertiary/aromatic N) is 3. The summed E-state index contributed by atoms with van der Waals surface area (Å²) in [5.41, 5.74) is 2.37. The van der Waals surface area contributed by atoms with Crippen molar-refractivity contribution in [2.75, 3.05) is 13.1 Å². The van der Waals surface area contributed by atoms with E-state index in [1.807, 2.05) is 24.5 Å². The van der Waals surface area contributed by atoms with Crippen LogP contribution in [-0.4, -0.2) is 44.5 Å². The third-order valence-corrected chi connectivity index (χ3v) is 4.60. The fourth-order valence-electron chi connectivity index (χ4n) is 3.13. The molecule has 3 aromatic rings. The average Bonchev–Trinajstić information content (AvgIpc) is 3.09. The highest BCUT2D eigenvalue weighted by molar-refractivity contribution is 5.98. The normalized spacial score (nSPS) is 11.1. The minimum Gasteiger partial charge on any atom is -0.480 e. The van der Waals surface area contributed by atoms with Gasteiger partial charge in [0.15, 0.2) is 0 Å². The summed E-state index contributed by atoms with van der Waals surface area (Å²) in [4.78, 5) is 29.7. The van der Waals surface area contributed by atoms with E-state index in [1.165, 1.54) is 11.0 Å². The molecule has 2 aromatic carbocycles. The second kappa shape index (κ2) is 8.21. The summed E-state index contributed by atoms with van der Waals surface area (Å²) in [7, 11) is 0. The molecule has 1 aromatic heterocycles. The molecule has 0 aliphatic carbocycles. The summed E-state index contributed by atoms with van der Waals surface area (Å²) in [6, 6.07) is 11.6. The van der Waals surface area contributed by atoms with E-state index in [0.717, 1.165) is 5.52 Å². The molecular weight excluding hydrogens is 361 g/mol. The van der Waals surface area contributed by atoms with E-state index in [0.29, 0.717) is 16.6 Å². The van der Waals surface area contributed by atoms with Crippen molar-refractivity contribution in [3.8, 4) is 0 Å². The maximum Gasteiger partial charge on any atom is 0.323 e. The Balaban J connectivity index is 1.83. The van der Waals surface area contributed by atoms with Crippen LogP contribution in [0.1, 0.15) is 35.8 Å². The van der Waals surface area contributed by atoms with Gasteiger partial charge in [-0.25, -0.2) is 9.37 Å². The Bertz CT molecular complexity index is 1010. The van der Waals surface area contributed by atoms with Gasteiger partial charge in [0.1, 0.15) is 12.4 Å². The summed E-state index contributed by atoms with van der Waals surface area (Å²) in [6.45, 7) is 3.73. The molecule has 7 heteroatoms. The average molecular weight is 383 g/mol. The zero-order chi connectivity index (χ0) is 20.3. The number of hydrogen-bond donors (Lipinski definition) is 1. The lowest BCUT2D eigenvalue weighted by Crippen LogP contribution is -2.37. The standard InChI is InChI=1S/C21H22FN3O3/c1-14(2)25-13-23-18-11-16(7-8-19(18)25)21(28)24(12-20(26)27)10-9-15-5-3-4-6-17(15)22/h3-8,11,13-14H,9-10,12H2,1-2H3,(H,26,27). The molecule has 6 nitrogen and oxygen atoms in total. The highest BCUT2D eigenvalue weighted by Gasteiger charge is 2.20. The largest absolute Gasteiger partial charge is 0.480 e. The monoisotopic (exact) mass is 383 g/mol. The number of carboxylic acid groups (broad SMARTS) is 1. The van der Waals surface area contributed by atoms with Gasteiger partial charge in [0, 0.05) is 18.2 Å². The van der Waals surface area contributed by atoms with E-state index in [2.05, 4.69) is 4.98 Å². The van der Waals surface area contributed by atoms with Crippen LogP contribution in [0.15, 0.2) is 48.8 Å². The first-order valence-electron chi connectivity index (χ1n) is 9.08. The summed E-state index contributed by atoms with van der Waals surface area (Å²) >= 11 is 0. The van der Waals surface area contributed by atoms with E-state index in [1.54, 1.807) is 36.7 Å². The molecular formula is C21H22FN3O3. The number of rotatable bonds is 7. The third kappa shape index (κ3) is 4.19. The van der Waals surface area contributed by atoms with Gasteiger partial charge in [-0.15, -0.1) is 0 Å². The van der Waals surface area contributed by atoms with E-state index in [-0.39, 0.29) is 24.8 Å². The predicted octanol–water partition coefficient (Wildman–Crippen LogP) is 3.53. The number of carbonyl (C=O) groups is 2. The van der Waals surface area contributed by atoms with Gasteiger partial charge in [0.25, 0.3) is 5.91 Å². The van der Waals surface area contributed by atoms with Gasteiger partial charge in [0.05, 0.1) is 17.4 Å². The van der Waals surface area contributed by atoms with Crippen molar-refractivity contribution in [3.05, 3.63) is 65.7 Å². The molecule has 146 valence electrons. The Labute approximate surface area is 162 Å². The molecule has 28 heavy (non-hydrogen) atoms. The number of imidazole rings is 1. The summed E-state index contributed by atoms with van der Waals surface area (Å²) < 4.78 is 15.8. The summed E-state index contributed by atoms with van der Waals surface area (Å²) in [6.07, 6.45) is 1.95. The maximum atomic E-state index is 13.8. The van der Waals surface area contributed by atoms with Crippen molar-refractivity contribution in [2.24, 2.45) is 0 Å². The Hall–Kier alpha value is -3.22. The number of benzene rings is 2. The minimum absolute atomic E-state index is 0.102. The number of carbonyl (C=O) groups excluding carboxylic acids is 1. The van der Waals surface area contributed by atoms with Crippen LogP contribution in [-0.2, 0) is 11.2 Å². The van der Waals surface area contributed by atoms with Crippen LogP contribution >= 0.6 is 0 Å². The van der Waals surface area contributed by atoms with Crippen molar-refractivity contribution in [1.82, 2.24) is 14.5 Å². The first-order chi connectivity index (χ1) is 13.4. The Kier molecular flexibility index (Phi) is 5.73. The van der Waals surface area contributed by atoms with Crippen molar-refractivity contribution < 1.29 is 19.1 Å². The number of carboxylic acids is 1. The predicted molar refractivity (Wildman–Crippen MR) is 104 cm³/mol. The van der Waals surface area contributed by atoms with Crippen molar-refractivity contribution in [2.45, 2.75) is 26.3 Å². The smallest absolute Gasteiger partial charge is 0.323 e. The Morgan fingerprint density at radius 2 is 1.96 bits per heavy atom. The SMILES string of the molecule is CC(C)n1cnc2cc(C(=O)N(CCc3ccccc3F)CC(=O)O)ccc21. The van der Waals surface area contributed by atoms with Gasteiger partial charge >= 0.3 is 5.97 Å². The van der Waals surface area contributed by atoms with Crippen molar-refractivity contribution in [3.63, 3.8) is 0 Å². The molecule has 0 aliphatic rings. The molecule has 0 aliphatic heterocycles. The molecule has 0 saturated heterocycles. The van der Waals surface area contributed by atoms with Gasteiger partial charge in [-0.3, -0.25) is 9.59 Å². The molecule has 0 saturated carbocycles. The lowest BCUT2D eigenvalue weighted by molar-refractivity contribution is -0.137. The fraction of sp³-hybridized carbons (Fsp3) is 0.286. The molecule has 0 atom stereocenters. The lowest BCUT2D eigenvalue weighted by Gasteiger charge is -2.21. The van der Waals surface area contributed by atoms with Crippen LogP contribution in [0.4, 0.5) is 4.39 Å². The van der Waals surface area contributed by atoms with Crippen LogP contribution in [0.25, 0.3) is 11.0 Å². The maximum absolute atomic E-state index is 13.8. The summed E-state index contributed by atoms with van der Waals surface area (Å²) in [5.74, 6) is -1.90. The molecule has 1 N–H and O–H groups in total. The number of aliphatic carboxylic acids is 1. The second-order valence-electron chi connectivity index (χ2n) is 6.91. The molecule has 0 bridgehead atoms. The molecule has 1 amide bonds. The number of aromatic nitrogens is 2. The quantitative estimate of drug-likeness (QED) is 0.677. The van der Waals surface area contributed by atoms with Crippen LogP contribution in [0, 0.1) is 5.82 Å². The fourth-order valence-corrected chi connectivity index (χ4v) is 3.13. The van der Waals surface area contributed by atoms with Gasteiger partial charge in [-0.05, 0) is 50.1 Å². The zero-order valence-corrected chi connectivity index (χ0v) is 15.8. The molecule has 1 heterocycles. The molecule has 0 unspecified atom stereocenters. The highest BCUT2D eigenvalue weighted by atomic mass is 19.1. The van der Waals surface area contributed by atoms with Crippen molar-refractivity contribution in [1.29, 1.82) is 0 Å². The van der Waals surface area contributed by atoms with Gasteiger partial charge in [0.2, 0.25) is 0 Å². The molecule has 0 fully saturated rings. The van der Waals surface area contributed by atoms with Crippen LogP contribution in [0.5, 0.6) is 0 Å². The van der Waals surface area contributed by atoms with E-state index < -0.39 is 18.4 Å². The number of amides is 1. The third-order valence-electron chi connectivity index (χ3n) is 4.60. The van der Waals surface area contributed by atoms with Crippen LogP contribution in [0.3, 0.4) is 0 Å². The first-order valence-corrected chi connectivity index (χ1v) is 9.08. The van der Waals surface area contributed by atoms with Crippen molar-refractivity contribution >= 4 is 22.9 Å². The number of hydrogen-bond acceptors (Lipinski definition) is 3. The molecule has 3 rings (SSSR count). The highest BCUT2D eigenvalue weighted by Crippen LogP contribution is 2.20. The first kappa shape index (κ1) is 19.5. The summed E-state index contributed by atoms with van der Waals surface area (Å²) in [5, 5.41) is 9.18. The lowest BCUT2D eigenvalue weighted by atomic mass is 10.1. The molecule has 0 radical (unpaired) electrons. The van der Waals surface area contributed by atoms with Gasteiger partial charge in [-0.1, -0.05) is 18.2 Å². The topological polar surface area (TPSA) is 75.4 Å². The Morgan fingerprint density at radius 3 is 2.64 bits per heavy atom. The minimum atomic E-state index is -1.12. The molecule has 0 spiro atoms. The number of halogens is 1. The van der Waals surface area contributed by atoms with E-state index in [4.69, 9.17) is 0 Å². The van der Waals surface area contributed by atoms with E-state index >= 15 is 0 Å². The zero-order valence-electron chi connectivity index (χ0n) is 15.8. The Morgan fingerprint density at radius 1 is 1.21 bits per heavy atom. The van der Waals surface area contributed by atoms with Gasteiger partial charge < -0.3 is 14.6 Å². The van der Waals surface area contributed by atoms with E-state index in [9.17, 15) is 19.1 Å². The van der Waals surface area contributed by atoms with Gasteiger partial charge in [-0.2, -0.15) is 0 Å².